The second-order valence-electron chi connectivity index (χ2n) is 7.49. The van der Waals surface area contributed by atoms with Crippen molar-refractivity contribution in [2.75, 3.05) is 20.1 Å². The molecule has 3 rings (SSSR count). The first-order valence-electron chi connectivity index (χ1n) is 9.62. The van der Waals surface area contributed by atoms with Gasteiger partial charge in [-0.05, 0) is 49.6 Å². The largest absolute Gasteiger partial charge is 0.341 e. The monoisotopic (exact) mass is 411 g/mol. The Kier molecular flexibility index (Phi) is 6.36. The Hall–Kier alpha value is -2.69. The number of nitriles is 1. The van der Waals surface area contributed by atoms with E-state index >= 15 is 0 Å². The van der Waals surface area contributed by atoms with Crippen molar-refractivity contribution < 1.29 is 13.2 Å². The Morgan fingerprint density at radius 3 is 2.24 bits per heavy atom. The van der Waals surface area contributed by atoms with Crippen LogP contribution in [0.2, 0.25) is 0 Å². The minimum absolute atomic E-state index is 0.0565. The van der Waals surface area contributed by atoms with Gasteiger partial charge in [0.25, 0.3) is 0 Å². The zero-order chi connectivity index (χ0) is 21.0. The van der Waals surface area contributed by atoms with Crippen LogP contribution >= 0.6 is 0 Å². The molecule has 1 saturated heterocycles. The molecule has 152 valence electrons. The van der Waals surface area contributed by atoms with E-state index in [1.807, 2.05) is 37.3 Å². The number of amides is 1. The van der Waals surface area contributed by atoms with E-state index in [0.29, 0.717) is 38.0 Å². The maximum atomic E-state index is 12.8. The van der Waals surface area contributed by atoms with Crippen molar-refractivity contribution in [2.24, 2.45) is 5.92 Å². The summed E-state index contributed by atoms with van der Waals surface area (Å²) in [6.07, 6.45) is 1.01. The molecule has 0 aromatic heterocycles. The van der Waals surface area contributed by atoms with E-state index in [0.717, 1.165) is 5.56 Å². The van der Waals surface area contributed by atoms with Gasteiger partial charge in [0.15, 0.2) is 0 Å². The molecule has 0 atom stereocenters. The Balaban J connectivity index is 1.59. The molecule has 1 heterocycles. The molecule has 0 spiro atoms. The van der Waals surface area contributed by atoms with Gasteiger partial charge in [-0.2, -0.15) is 9.57 Å². The Morgan fingerprint density at radius 1 is 1.10 bits per heavy atom. The predicted octanol–water partition coefficient (Wildman–Crippen LogP) is 2.93. The maximum absolute atomic E-state index is 12.8. The lowest BCUT2D eigenvalue weighted by atomic mass is 9.96. The van der Waals surface area contributed by atoms with Crippen LogP contribution < -0.4 is 0 Å². The molecule has 2 aromatic rings. The molecule has 29 heavy (non-hydrogen) atoms. The number of piperidine rings is 1. The summed E-state index contributed by atoms with van der Waals surface area (Å²) in [4.78, 5) is 14.7. The summed E-state index contributed by atoms with van der Waals surface area (Å²) in [5, 5.41) is 8.87. The lowest BCUT2D eigenvalue weighted by Gasteiger charge is -2.32. The molecule has 1 amide bonds. The number of hydrogen-bond donors (Lipinski definition) is 0. The quantitative estimate of drug-likeness (QED) is 0.758. The van der Waals surface area contributed by atoms with Crippen molar-refractivity contribution in [3.8, 4) is 6.07 Å². The van der Waals surface area contributed by atoms with Gasteiger partial charge in [0.1, 0.15) is 0 Å². The molecule has 0 N–H and O–H groups in total. The number of benzene rings is 2. The second kappa shape index (κ2) is 8.76. The average molecular weight is 412 g/mol. The van der Waals surface area contributed by atoms with Crippen molar-refractivity contribution >= 4 is 15.9 Å². The molecule has 0 radical (unpaired) electrons. The third-order valence-electron chi connectivity index (χ3n) is 5.34. The van der Waals surface area contributed by atoms with Gasteiger partial charge in [-0.15, -0.1) is 0 Å². The van der Waals surface area contributed by atoms with Crippen LogP contribution in [0.3, 0.4) is 0 Å². The summed E-state index contributed by atoms with van der Waals surface area (Å²) in [5.41, 5.74) is 2.68. The van der Waals surface area contributed by atoms with Gasteiger partial charge < -0.3 is 4.90 Å². The highest BCUT2D eigenvalue weighted by Crippen LogP contribution is 2.25. The van der Waals surface area contributed by atoms with Crippen LogP contribution in [0.5, 0.6) is 0 Å². The average Bonchev–Trinajstić information content (AvgIpc) is 2.75. The zero-order valence-corrected chi connectivity index (χ0v) is 17.5. The first kappa shape index (κ1) is 21.0. The standard InChI is InChI=1S/C22H25N3O3S/c1-17-3-5-19(6-4-17)16-24(2)22(26)20-11-13-25(14-12-20)29(27,28)21-9-7-18(15-23)8-10-21/h3-10,20H,11-14,16H2,1-2H3. The third-order valence-corrected chi connectivity index (χ3v) is 7.25. The highest BCUT2D eigenvalue weighted by Gasteiger charge is 2.33. The van der Waals surface area contributed by atoms with Gasteiger partial charge in [-0.25, -0.2) is 8.42 Å². The van der Waals surface area contributed by atoms with Gasteiger partial charge in [0.2, 0.25) is 15.9 Å². The van der Waals surface area contributed by atoms with Crippen molar-refractivity contribution in [1.82, 2.24) is 9.21 Å². The number of sulfonamides is 1. The van der Waals surface area contributed by atoms with Crippen molar-refractivity contribution in [1.29, 1.82) is 5.26 Å². The molecule has 1 fully saturated rings. The third kappa shape index (κ3) is 4.84. The number of nitrogens with zero attached hydrogens (tertiary/aromatic N) is 3. The van der Waals surface area contributed by atoms with Gasteiger partial charge in [-0.3, -0.25) is 4.79 Å². The summed E-state index contributed by atoms with van der Waals surface area (Å²) in [6, 6.07) is 16.0. The lowest BCUT2D eigenvalue weighted by molar-refractivity contribution is -0.135. The van der Waals surface area contributed by atoms with E-state index in [4.69, 9.17) is 5.26 Å². The summed E-state index contributed by atoms with van der Waals surface area (Å²) < 4.78 is 27.1. The van der Waals surface area contributed by atoms with E-state index in [1.54, 1.807) is 11.9 Å². The fraction of sp³-hybridized carbons (Fsp3) is 0.364. The molecule has 1 aliphatic rings. The summed E-state index contributed by atoms with van der Waals surface area (Å²) >= 11 is 0. The number of aryl methyl sites for hydroxylation is 1. The topological polar surface area (TPSA) is 81.5 Å². The number of carbonyl (C=O) groups is 1. The molecule has 0 saturated carbocycles. The minimum atomic E-state index is -3.61. The lowest BCUT2D eigenvalue weighted by Crippen LogP contribution is -2.43. The number of rotatable bonds is 5. The predicted molar refractivity (Wildman–Crippen MR) is 110 cm³/mol. The molecule has 6 nitrogen and oxygen atoms in total. The Morgan fingerprint density at radius 2 is 1.69 bits per heavy atom. The molecule has 7 heteroatoms. The first-order valence-corrected chi connectivity index (χ1v) is 11.1. The van der Waals surface area contributed by atoms with Crippen molar-refractivity contribution in [3.63, 3.8) is 0 Å². The summed E-state index contributed by atoms with van der Waals surface area (Å²) in [7, 11) is -1.82. The van der Waals surface area contributed by atoms with Crippen LogP contribution in [0.4, 0.5) is 0 Å². The van der Waals surface area contributed by atoms with E-state index in [9.17, 15) is 13.2 Å². The van der Waals surface area contributed by atoms with E-state index in [1.165, 1.54) is 34.1 Å². The summed E-state index contributed by atoms with van der Waals surface area (Å²) in [5.74, 6) is -0.112. The number of hydrogen-bond acceptors (Lipinski definition) is 4. The fourth-order valence-corrected chi connectivity index (χ4v) is 5.02. The highest BCUT2D eigenvalue weighted by molar-refractivity contribution is 7.89. The van der Waals surface area contributed by atoms with Crippen LogP contribution in [0.1, 0.15) is 29.5 Å². The minimum Gasteiger partial charge on any atom is -0.341 e. The van der Waals surface area contributed by atoms with Crippen LogP contribution in [0, 0.1) is 24.2 Å². The number of carbonyl (C=O) groups excluding carboxylic acids is 1. The van der Waals surface area contributed by atoms with Gasteiger partial charge in [0.05, 0.1) is 16.5 Å². The van der Waals surface area contributed by atoms with Crippen LogP contribution in [0.15, 0.2) is 53.4 Å². The van der Waals surface area contributed by atoms with Crippen LogP contribution in [0.25, 0.3) is 0 Å². The zero-order valence-electron chi connectivity index (χ0n) is 16.7. The van der Waals surface area contributed by atoms with Gasteiger partial charge in [0, 0.05) is 32.6 Å². The van der Waals surface area contributed by atoms with Crippen LogP contribution in [-0.4, -0.2) is 43.7 Å². The SMILES string of the molecule is Cc1ccc(CN(C)C(=O)C2CCN(S(=O)(=O)c3ccc(C#N)cc3)CC2)cc1. The van der Waals surface area contributed by atoms with Crippen molar-refractivity contribution in [2.45, 2.75) is 31.2 Å². The normalized spacial score (nSPS) is 15.6. The van der Waals surface area contributed by atoms with Crippen LogP contribution in [-0.2, 0) is 21.4 Å². The van der Waals surface area contributed by atoms with E-state index < -0.39 is 10.0 Å². The first-order chi connectivity index (χ1) is 13.8. The van der Waals surface area contributed by atoms with Gasteiger partial charge in [-0.1, -0.05) is 29.8 Å². The Bertz CT molecular complexity index is 1000. The smallest absolute Gasteiger partial charge is 0.243 e. The molecular formula is C22H25N3O3S. The Labute approximate surface area is 172 Å². The fourth-order valence-electron chi connectivity index (χ4n) is 3.55. The highest BCUT2D eigenvalue weighted by atomic mass is 32.2. The van der Waals surface area contributed by atoms with E-state index in [-0.39, 0.29) is 16.7 Å². The van der Waals surface area contributed by atoms with Gasteiger partial charge >= 0.3 is 0 Å². The molecule has 0 bridgehead atoms. The summed E-state index contributed by atoms with van der Waals surface area (Å²) in [6.45, 7) is 3.20. The van der Waals surface area contributed by atoms with Crippen molar-refractivity contribution in [3.05, 3.63) is 65.2 Å². The second-order valence-corrected chi connectivity index (χ2v) is 9.43. The molecule has 0 unspecified atom stereocenters. The maximum Gasteiger partial charge on any atom is 0.243 e. The molecule has 2 aromatic carbocycles. The molecule has 1 aliphatic heterocycles. The molecular weight excluding hydrogens is 386 g/mol. The van der Waals surface area contributed by atoms with E-state index in [2.05, 4.69) is 0 Å². The molecule has 0 aliphatic carbocycles.